The van der Waals surface area contributed by atoms with E-state index in [2.05, 4.69) is 48.9 Å². The zero-order valence-corrected chi connectivity index (χ0v) is 6.70. The van der Waals surface area contributed by atoms with Crippen LogP contribution in [0.5, 0.6) is 0 Å². The fourth-order valence-corrected chi connectivity index (χ4v) is 2.02. The maximum Gasteiger partial charge on any atom is 0.0102 e. The van der Waals surface area contributed by atoms with E-state index in [0.717, 1.165) is 0 Å². The highest BCUT2D eigenvalue weighted by Crippen LogP contribution is 2.38. The van der Waals surface area contributed by atoms with Gasteiger partial charge in [-0.25, -0.2) is 0 Å². The van der Waals surface area contributed by atoms with Crippen molar-refractivity contribution in [2.24, 2.45) is 0 Å². The van der Waals surface area contributed by atoms with Gasteiger partial charge in [0, 0.05) is 5.92 Å². The minimum absolute atomic E-state index is 0.543. The molecule has 0 aromatic heterocycles. The monoisotopic (exact) mass is 153 g/mol. The normalized spacial score (nSPS) is 22.8. The lowest BCUT2D eigenvalue weighted by atomic mass is 9.88. The van der Waals surface area contributed by atoms with E-state index < -0.39 is 0 Å². The lowest BCUT2D eigenvalue weighted by Crippen LogP contribution is -1.99. The molecular formula is C12H9. The van der Waals surface area contributed by atoms with Crippen molar-refractivity contribution in [3.8, 4) is 0 Å². The molecule has 0 N–H and O–H groups in total. The van der Waals surface area contributed by atoms with Crippen LogP contribution in [0.2, 0.25) is 0 Å². The fourth-order valence-electron chi connectivity index (χ4n) is 2.02. The second-order valence-electron chi connectivity index (χ2n) is 3.29. The van der Waals surface area contributed by atoms with Gasteiger partial charge in [0.25, 0.3) is 0 Å². The van der Waals surface area contributed by atoms with Crippen molar-refractivity contribution < 1.29 is 0 Å². The average Bonchev–Trinajstić information content (AvgIpc) is 2.52. The Labute approximate surface area is 72.2 Å². The summed E-state index contributed by atoms with van der Waals surface area (Å²) in [6.45, 7) is 0. The molecule has 3 rings (SSSR count). The second-order valence-corrected chi connectivity index (χ2v) is 3.29. The van der Waals surface area contributed by atoms with E-state index in [4.69, 9.17) is 0 Å². The molecular weight excluding hydrogens is 144 g/mol. The van der Waals surface area contributed by atoms with E-state index in [1.807, 2.05) is 0 Å². The smallest absolute Gasteiger partial charge is 0.0102 e. The quantitative estimate of drug-likeness (QED) is 0.537. The van der Waals surface area contributed by atoms with Gasteiger partial charge in [0.05, 0.1) is 0 Å². The molecule has 1 aromatic rings. The van der Waals surface area contributed by atoms with Gasteiger partial charge in [0.1, 0.15) is 0 Å². The van der Waals surface area contributed by atoms with Gasteiger partial charge < -0.3 is 0 Å². The lowest BCUT2D eigenvalue weighted by Gasteiger charge is -2.15. The van der Waals surface area contributed by atoms with Crippen LogP contribution >= 0.6 is 0 Å². The number of hydrogen-bond acceptors (Lipinski definition) is 0. The van der Waals surface area contributed by atoms with Gasteiger partial charge in [-0.15, -0.1) is 0 Å². The number of hydrogen-bond donors (Lipinski definition) is 0. The molecule has 1 radical (unpaired) electrons. The molecule has 12 heavy (non-hydrogen) atoms. The van der Waals surface area contributed by atoms with Crippen LogP contribution in [-0.2, 0) is 0 Å². The third-order valence-electron chi connectivity index (χ3n) is 2.58. The largest absolute Gasteiger partial charge is 0.0793 e. The molecule has 0 amide bonds. The van der Waals surface area contributed by atoms with Crippen LogP contribution < -0.4 is 0 Å². The van der Waals surface area contributed by atoms with Crippen LogP contribution in [0.25, 0.3) is 12.2 Å². The molecule has 0 fully saturated rings. The summed E-state index contributed by atoms with van der Waals surface area (Å²) in [5.74, 6) is 0.543. The minimum atomic E-state index is 0.543. The van der Waals surface area contributed by atoms with Crippen molar-refractivity contribution in [3.05, 3.63) is 53.5 Å². The van der Waals surface area contributed by atoms with Crippen molar-refractivity contribution in [1.82, 2.24) is 0 Å². The molecule has 57 valence electrons. The highest BCUT2D eigenvalue weighted by Gasteiger charge is 2.20. The Hall–Kier alpha value is -1.30. The van der Waals surface area contributed by atoms with Crippen molar-refractivity contribution in [2.75, 3.05) is 0 Å². The van der Waals surface area contributed by atoms with Crippen LogP contribution in [0.1, 0.15) is 22.6 Å². The third kappa shape index (κ3) is 0.672. The highest BCUT2D eigenvalue weighted by atomic mass is 14.2. The molecule has 1 atom stereocenters. The fraction of sp³-hybridized carbons (Fsp3) is 0.0833. The molecule has 2 aliphatic carbocycles. The molecule has 0 heterocycles. The summed E-state index contributed by atoms with van der Waals surface area (Å²) in [6, 6.07) is 6.49. The third-order valence-corrected chi connectivity index (χ3v) is 2.58. The Bertz CT molecular complexity index is 383. The van der Waals surface area contributed by atoms with Crippen molar-refractivity contribution >= 4 is 12.2 Å². The Morgan fingerprint density at radius 2 is 1.83 bits per heavy atom. The van der Waals surface area contributed by atoms with E-state index in [9.17, 15) is 0 Å². The number of rotatable bonds is 0. The second kappa shape index (κ2) is 2.10. The maximum absolute atomic E-state index is 2.26. The van der Waals surface area contributed by atoms with Crippen molar-refractivity contribution in [1.29, 1.82) is 0 Å². The van der Waals surface area contributed by atoms with Crippen LogP contribution in [0, 0.1) is 6.42 Å². The van der Waals surface area contributed by atoms with Crippen molar-refractivity contribution in [3.63, 3.8) is 0 Å². The van der Waals surface area contributed by atoms with Gasteiger partial charge in [-0.2, -0.15) is 0 Å². The summed E-state index contributed by atoms with van der Waals surface area (Å²) in [5, 5.41) is 0. The number of benzene rings is 1. The molecule has 0 saturated carbocycles. The van der Waals surface area contributed by atoms with Crippen molar-refractivity contribution in [2.45, 2.75) is 5.92 Å². The van der Waals surface area contributed by atoms with Gasteiger partial charge in [-0.3, -0.25) is 0 Å². The molecule has 0 saturated heterocycles. The first-order valence-electron chi connectivity index (χ1n) is 4.28. The Morgan fingerprint density at radius 3 is 2.75 bits per heavy atom. The predicted octanol–water partition coefficient (Wildman–Crippen LogP) is 3.03. The minimum Gasteiger partial charge on any atom is -0.0793 e. The summed E-state index contributed by atoms with van der Waals surface area (Å²) in [5.41, 5.74) is 4.25. The predicted molar refractivity (Wildman–Crippen MR) is 51.6 cm³/mol. The van der Waals surface area contributed by atoms with Crippen LogP contribution in [-0.4, -0.2) is 0 Å². The van der Waals surface area contributed by atoms with E-state index >= 15 is 0 Å². The first kappa shape index (κ1) is 6.24. The van der Waals surface area contributed by atoms with E-state index in [1.165, 1.54) is 16.7 Å². The standard InChI is InChI=1S/C12H9/c1-3-9-4-2-6-11-8-7-10(5-1)12(9)11/h1-8,10H. The molecule has 0 nitrogen and oxygen atoms in total. The first-order valence-corrected chi connectivity index (χ1v) is 4.28. The van der Waals surface area contributed by atoms with E-state index in [-0.39, 0.29) is 0 Å². The summed E-state index contributed by atoms with van der Waals surface area (Å²) < 4.78 is 0. The Balaban J connectivity index is 2.35. The molecule has 1 unspecified atom stereocenters. The van der Waals surface area contributed by atoms with E-state index in [1.54, 1.807) is 0 Å². The summed E-state index contributed by atoms with van der Waals surface area (Å²) in [4.78, 5) is 0. The van der Waals surface area contributed by atoms with Gasteiger partial charge >= 0.3 is 0 Å². The zero-order valence-electron chi connectivity index (χ0n) is 6.70. The van der Waals surface area contributed by atoms with Crippen LogP contribution in [0.15, 0.2) is 30.4 Å². The van der Waals surface area contributed by atoms with Gasteiger partial charge in [0.2, 0.25) is 0 Å². The molecule has 1 aromatic carbocycles. The summed E-state index contributed by atoms with van der Waals surface area (Å²) in [7, 11) is 0. The van der Waals surface area contributed by atoms with Crippen LogP contribution in [0.3, 0.4) is 0 Å². The number of allylic oxidation sites excluding steroid dienone is 2. The molecule has 0 aliphatic heterocycles. The molecule has 0 spiro atoms. The zero-order chi connectivity index (χ0) is 7.97. The van der Waals surface area contributed by atoms with Crippen LogP contribution in [0.4, 0.5) is 0 Å². The Morgan fingerprint density at radius 1 is 1.00 bits per heavy atom. The van der Waals surface area contributed by atoms with Gasteiger partial charge in [0.15, 0.2) is 0 Å². The average molecular weight is 153 g/mol. The maximum atomic E-state index is 2.26. The van der Waals surface area contributed by atoms with E-state index in [0.29, 0.717) is 5.92 Å². The highest BCUT2D eigenvalue weighted by molar-refractivity contribution is 5.73. The molecule has 0 bridgehead atoms. The lowest BCUT2D eigenvalue weighted by molar-refractivity contribution is 1.03. The summed E-state index contributed by atoms with van der Waals surface area (Å²) in [6.07, 6.45) is 11.1. The molecule has 2 aliphatic rings. The SMILES string of the molecule is [CH]1C=Cc2cccc3c2C1C=C3. The topological polar surface area (TPSA) is 0 Å². The van der Waals surface area contributed by atoms with Gasteiger partial charge in [-0.1, -0.05) is 42.5 Å². The first-order chi connectivity index (χ1) is 5.95. The summed E-state index contributed by atoms with van der Waals surface area (Å²) >= 11 is 0. The Kier molecular flexibility index (Phi) is 1.09. The van der Waals surface area contributed by atoms with Gasteiger partial charge in [-0.05, 0) is 23.1 Å². The molecule has 0 heteroatoms.